The zero-order chi connectivity index (χ0) is 9.61. The molecular weight excluding hydrogens is 162 g/mol. The van der Waals surface area contributed by atoms with Crippen molar-refractivity contribution in [3.8, 4) is 0 Å². The van der Waals surface area contributed by atoms with Gasteiger partial charge in [0, 0.05) is 7.11 Å². The molecule has 0 rings (SSSR count). The van der Waals surface area contributed by atoms with Crippen LogP contribution in [0.15, 0.2) is 0 Å². The Morgan fingerprint density at radius 2 is 2.33 bits per heavy atom. The molecule has 0 aliphatic carbocycles. The topological polar surface area (TPSA) is 75.6 Å². The number of carboxylic acids is 1. The number of rotatable bonds is 6. The largest absolute Gasteiger partial charge is 0.481 e. The summed E-state index contributed by atoms with van der Waals surface area (Å²) in [5.41, 5.74) is -0.817. The van der Waals surface area contributed by atoms with E-state index in [1.807, 2.05) is 0 Å². The third-order valence-electron chi connectivity index (χ3n) is 1.41. The first-order valence-corrected chi connectivity index (χ1v) is 3.46. The number of hydrogen-bond acceptors (Lipinski definition) is 3. The molecule has 5 nitrogen and oxygen atoms in total. The minimum atomic E-state index is -0.969. The molecule has 0 aromatic carbocycles. The number of amides is 1. The van der Waals surface area contributed by atoms with E-state index in [-0.39, 0.29) is 13.0 Å². The Labute approximate surface area is 70.7 Å². The van der Waals surface area contributed by atoms with E-state index in [9.17, 15) is 9.59 Å². The highest BCUT2D eigenvalue weighted by Crippen LogP contribution is 2.08. The molecule has 2 N–H and O–H groups in total. The molecule has 0 aliphatic heterocycles. The Kier molecular flexibility index (Phi) is 4.28. The molecule has 0 aromatic rings. The lowest BCUT2D eigenvalue weighted by Gasteiger charge is -2.25. The first-order valence-electron chi connectivity index (χ1n) is 3.46. The Morgan fingerprint density at radius 1 is 1.75 bits per heavy atom. The molecule has 0 spiro atoms. The van der Waals surface area contributed by atoms with Crippen LogP contribution in [0.1, 0.15) is 13.3 Å². The first kappa shape index (κ1) is 10.9. The van der Waals surface area contributed by atoms with E-state index in [0.717, 1.165) is 0 Å². The highest BCUT2D eigenvalue weighted by molar-refractivity contribution is 5.69. The number of nitrogens with one attached hydrogen (secondary N) is 1. The molecule has 70 valence electrons. The highest BCUT2D eigenvalue weighted by Gasteiger charge is 2.26. The molecule has 0 saturated carbocycles. The average Bonchev–Trinajstić information content (AvgIpc) is 1.85. The molecule has 0 heterocycles. The van der Waals surface area contributed by atoms with Gasteiger partial charge < -0.3 is 15.2 Å². The molecule has 0 bridgehead atoms. The maximum Gasteiger partial charge on any atom is 0.305 e. The van der Waals surface area contributed by atoms with E-state index >= 15 is 0 Å². The lowest BCUT2D eigenvalue weighted by atomic mass is 10.00. The molecule has 0 aliphatic rings. The van der Waals surface area contributed by atoms with E-state index in [4.69, 9.17) is 9.84 Å². The molecule has 0 fully saturated rings. The van der Waals surface area contributed by atoms with Crippen molar-refractivity contribution in [1.82, 2.24) is 5.32 Å². The molecular formula is C7H13NO4. The molecule has 0 radical (unpaired) electrons. The van der Waals surface area contributed by atoms with Gasteiger partial charge in [-0.1, -0.05) is 0 Å². The molecule has 0 saturated heterocycles. The van der Waals surface area contributed by atoms with Gasteiger partial charge in [-0.15, -0.1) is 0 Å². The van der Waals surface area contributed by atoms with Gasteiger partial charge in [0.05, 0.1) is 18.6 Å². The van der Waals surface area contributed by atoms with Crippen molar-refractivity contribution in [2.24, 2.45) is 0 Å². The summed E-state index contributed by atoms with van der Waals surface area (Å²) in [7, 11) is 1.45. The van der Waals surface area contributed by atoms with Crippen molar-refractivity contribution in [2.75, 3.05) is 13.7 Å². The Morgan fingerprint density at radius 3 is 2.67 bits per heavy atom. The van der Waals surface area contributed by atoms with Crippen LogP contribution in [0.4, 0.5) is 0 Å². The summed E-state index contributed by atoms with van der Waals surface area (Å²) in [5.74, 6) is -0.969. The van der Waals surface area contributed by atoms with Crippen molar-refractivity contribution in [3.63, 3.8) is 0 Å². The van der Waals surface area contributed by atoms with E-state index in [1.54, 1.807) is 6.92 Å². The number of carbonyl (C=O) groups excluding carboxylic acids is 1. The maximum absolute atomic E-state index is 10.4. The minimum Gasteiger partial charge on any atom is -0.481 e. The summed E-state index contributed by atoms with van der Waals surface area (Å²) in [6.45, 7) is 1.79. The van der Waals surface area contributed by atoms with Crippen molar-refractivity contribution in [1.29, 1.82) is 0 Å². The number of hydrogen-bond donors (Lipinski definition) is 2. The van der Waals surface area contributed by atoms with Crippen LogP contribution in [0.2, 0.25) is 0 Å². The summed E-state index contributed by atoms with van der Waals surface area (Å²) in [6, 6.07) is 0. The first-order chi connectivity index (χ1) is 5.54. The Bertz CT molecular complexity index is 171. The molecule has 1 amide bonds. The molecule has 12 heavy (non-hydrogen) atoms. The van der Waals surface area contributed by atoms with E-state index in [2.05, 4.69) is 5.32 Å². The van der Waals surface area contributed by atoms with E-state index in [1.165, 1.54) is 7.11 Å². The van der Waals surface area contributed by atoms with Gasteiger partial charge in [-0.2, -0.15) is 0 Å². The van der Waals surface area contributed by atoms with Crippen LogP contribution >= 0.6 is 0 Å². The predicted octanol–water partition coefficient (Wildman–Crippen LogP) is -0.388. The summed E-state index contributed by atoms with van der Waals surface area (Å²) in [4.78, 5) is 20.5. The van der Waals surface area contributed by atoms with Gasteiger partial charge >= 0.3 is 5.97 Å². The number of carboxylic acid groups (broad SMARTS) is 1. The number of methoxy groups -OCH3 is 1. The van der Waals surface area contributed by atoms with Gasteiger partial charge in [-0.05, 0) is 6.92 Å². The molecule has 5 heteroatoms. The van der Waals surface area contributed by atoms with Gasteiger partial charge in [0.1, 0.15) is 0 Å². The van der Waals surface area contributed by atoms with Crippen LogP contribution in [0.5, 0.6) is 0 Å². The van der Waals surface area contributed by atoms with E-state index in [0.29, 0.717) is 6.41 Å². The number of carbonyl (C=O) groups is 2. The average molecular weight is 175 g/mol. The van der Waals surface area contributed by atoms with E-state index < -0.39 is 11.5 Å². The fourth-order valence-electron chi connectivity index (χ4n) is 0.938. The monoisotopic (exact) mass is 175 g/mol. The van der Waals surface area contributed by atoms with Gasteiger partial charge in [0.15, 0.2) is 0 Å². The van der Waals surface area contributed by atoms with Crippen LogP contribution in [0.3, 0.4) is 0 Å². The van der Waals surface area contributed by atoms with Gasteiger partial charge in [-0.25, -0.2) is 0 Å². The molecule has 1 atom stereocenters. The fourth-order valence-corrected chi connectivity index (χ4v) is 0.938. The summed E-state index contributed by atoms with van der Waals surface area (Å²) < 4.78 is 4.78. The fraction of sp³-hybridized carbons (Fsp3) is 0.714. The maximum atomic E-state index is 10.4. The smallest absolute Gasteiger partial charge is 0.305 e. The second kappa shape index (κ2) is 4.71. The lowest BCUT2D eigenvalue weighted by Crippen LogP contribution is -2.47. The predicted molar refractivity (Wildman–Crippen MR) is 41.7 cm³/mol. The van der Waals surface area contributed by atoms with Crippen LogP contribution in [-0.4, -0.2) is 36.7 Å². The van der Waals surface area contributed by atoms with Crippen molar-refractivity contribution < 1.29 is 19.4 Å². The second-order valence-corrected chi connectivity index (χ2v) is 2.83. The third-order valence-corrected chi connectivity index (χ3v) is 1.41. The van der Waals surface area contributed by atoms with Crippen molar-refractivity contribution >= 4 is 12.4 Å². The second-order valence-electron chi connectivity index (χ2n) is 2.83. The summed E-state index contributed by atoms with van der Waals surface area (Å²) >= 11 is 0. The van der Waals surface area contributed by atoms with Crippen LogP contribution in [0, 0.1) is 0 Å². The minimum absolute atomic E-state index is 0.153. The standard InChI is InChI=1S/C7H13NO4/c1-7(4-12-2,8-5-9)3-6(10)11/h5H,3-4H2,1-2H3,(H,8,9)(H,10,11). The van der Waals surface area contributed by atoms with Crippen molar-refractivity contribution in [2.45, 2.75) is 18.9 Å². The Balaban J connectivity index is 4.15. The van der Waals surface area contributed by atoms with Crippen LogP contribution < -0.4 is 5.32 Å². The quantitative estimate of drug-likeness (QED) is 0.539. The van der Waals surface area contributed by atoms with Crippen LogP contribution in [-0.2, 0) is 14.3 Å². The lowest BCUT2D eigenvalue weighted by molar-refractivity contribution is -0.139. The van der Waals surface area contributed by atoms with Gasteiger partial charge in [-0.3, -0.25) is 9.59 Å². The number of ether oxygens (including phenoxy) is 1. The highest BCUT2D eigenvalue weighted by atomic mass is 16.5. The Hall–Kier alpha value is -1.10. The zero-order valence-corrected chi connectivity index (χ0v) is 7.16. The normalized spacial score (nSPS) is 14.8. The third kappa shape index (κ3) is 3.92. The number of aliphatic carboxylic acids is 1. The van der Waals surface area contributed by atoms with Gasteiger partial charge in [0.2, 0.25) is 6.41 Å². The van der Waals surface area contributed by atoms with Crippen molar-refractivity contribution in [3.05, 3.63) is 0 Å². The zero-order valence-electron chi connectivity index (χ0n) is 7.16. The molecule has 0 aromatic heterocycles. The summed E-state index contributed by atoms with van der Waals surface area (Å²) in [6.07, 6.45) is 0.321. The SMILES string of the molecule is COCC(C)(CC(=O)O)NC=O. The summed E-state index contributed by atoms with van der Waals surface area (Å²) in [5, 5.41) is 10.9. The molecule has 1 unspecified atom stereocenters. The van der Waals surface area contributed by atoms with Crippen LogP contribution in [0.25, 0.3) is 0 Å². The van der Waals surface area contributed by atoms with Gasteiger partial charge in [0.25, 0.3) is 0 Å².